The van der Waals surface area contributed by atoms with E-state index in [0.717, 1.165) is 24.0 Å². The minimum absolute atomic E-state index is 0.234. The van der Waals surface area contributed by atoms with Gasteiger partial charge in [0.05, 0.1) is 16.6 Å². The van der Waals surface area contributed by atoms with Crippen molar-refractivity contribution in [1.82, 2.24) is 24.1 Å². The third-order valence-corrected chi connectivity index (χ3v) is 4.11. The van der Waals surface area contributed by atoms with Crippen molar-refractivity contribution in [2.45, 2.75) is 19.9 Å². The number of hydrogen-bond acceptors (Lipinski definition) is 4. The Bertz CT molecular complexity index is 1030. The van der Waals surface area contributed by atoms with E-state index in [1.165, 1.54) is 0 Å². The number of nitrogens with zero attached hydrogens (tertiary/aromatic N) is 5. The van der Waals surface area contributed by atoms with Crippen molar-refractivity contribution in [2.24, 2.45) is 0 Å². The molecule has 1 aromatic carbocycles. The third-order valence-electron chi connectivity index (χ3n) is 4.11. The van der Waals surface area contributed by atoms with Gasteiger partial charge in [0.15, 0.2) is 0 Å². The smallest absolute Gasteiger partial charge is 0.259 e. The van der Waals surface area contributed by atoms with Gasteiger partial charge in [-0.25, -0.2) is 15.0 Å². The molecule has 0 saturated carbocycles. The first-order valence-corrected chi connectivity index (χ1v) is 8.47. The Labute approximate surface area is 150 Å². The van der Waals surface area contributed by atoms with Gasteiger partial charge in [0.25, 0.3) is 5.91 Å². The standard InChI is InChI=1S/C19H18N6O/c1-2-10-25-16-6-4-3-5-15(16)22-19(25)23-18(26)14-7-8-17(21-12-14)24-11-9-20-13-24/h3-9,11-13H,2,10H2,1H3,(H,22,23,26). The Morgan fingerprint density at radius 1 is 1.19 bits per heavy atom. The summed E-state index contributed by atoms with van der Waals surface area (Å²) in [7, 11) is 0. The zero-order valence-corrected chi connectivity index (χ0v) is 14.3. The van der Waals surface area contributed by atoms with Crippen LogP contribution in [0, 0.1) is 0 Å². The minimum atomic E-state index is -0.234. The summed E-state index contributed by atoms with van der Waals surface area (Å²) in [5, 5.41) is 2.91. The van der Waals surface area contributed by atoms with Gasteiger partial charge in [0, 0.05) is 25.1 Å². The van der Waals surface area contributed by atoms with Gasteiger partial charge in [-0.2, -0.15) is 0 Å². The number of rotatable bonds is 5. The van der Waals surface area contributed by atoms with Gasteiger partial charge in [0.1, 0.15) is 12.1 Å². The summed E-state index contributed by atoms with van der Waals surface area (Å²) in [6, 6.07) is 11.4. The molecule has 1 N–H and O–H groups in total. The van der Waals surface area contributed by atoms with E-state index < -0.39 is 0 Å². The number of carbonyl (C=O) groups is 1. The van der Waals surface area contributed by atoms with Gasteiger partial charge < -0.3 is 4.57 Å². The molecule has 130 valence electrons. The third kappa shape index (κ3) is 2.95. The number of benzene rings is 1. The molecular formula is C19H18N6O. The highest BCUT2D eigenvalue weighted by Crippen LogP contribution is 2.20. The molecule has 4 aromatic rings. The van der Waals surface area contributed by atoms with Gasteiger partial charge in [-0.1, -0.05) is 19.1 Å². The predicted octanol–water partition coefficient (Wildman–Crippen LogP) is 3.28. The molecule has 0 unspecified atom stereocenters. The Morgan fingerprint density at radius 2 is 2.08 bits per heavy atom. The van der Waals surface area contributed by atoms with Crippen molar-refractivity contribution in [1.29, 1.82) is 0 Å². The molecule has 3 aromatic heterocycles. The van der Waals surface area contributed by atoms with Crippen molar-refractivity contribution in [3.05, 3.63) is 66.9 Å². The lowest BCUT2D eigenvalue weighted by Crippen LogP contribution is -2.16. The van der Waals surface area contributed by atoms with Gasteiger partial charge in [-0.15, -0.1) is 0 Å². The fraction of sp³-hybridized carbons (Fsp3) is 0.158. The molecule has 0 aliphatic rings. The summed E-state index contributed by atoms with van der Waals surface area (Å²) >= 11 is 0. The summed E-state index contributed by atoms with van der Waals surface area (Å²) in [5.74, 6) is 1.02. The first-order chi connectivity index (χ1) is 12.8. The highest BCUT2D eigenvalue weighted by atomic mass is 16.1. The van der Waals surface area contributed by atoms with E-state index in [-0.39, 0.29) is 5.91 Å². The predicted molar refractivity (Wildman–Crippen MR) is 99.3 cm³/mol. The molecule has 0 aliphatic carbocycles. The van der Waals surface area contributed by atoms with E-state index in [9.17, 15) is 4.79 Å². The second-order valence-electron chi connectivity index (χ2n) is 5.90. The molecule has 0 saturated heterocycles. The van der Waals surface area contributed by atoms with Crippen LogP contribution in [0.2, 0.25) is 0 Å². The summed E-state index contributed by atoms with van der Waals surface area (Å²) < 4.78 is 3.81. The van der Waals surface area contributed by atoms with Crippen molar-refractivity contribution in [2.75, 3.05) is 5.32 Å². The normalized spacial score (nSPS) is 11.0. The van der Waals surface area contributed by atoms with Crippen LogP contribution < -0.4 is 5.32 Å². The summed E-state index contributed by atoms with van der Waals surface area (Å²) in [4.78, 5) is 25.5. The quantitative estimate of drug-likeness (QED) is 0.601. The summed E-state index contributed by atoms with van der Waals surface area (Å²) in [6.07, 6.45) is 7.65. The maximum absolute atomic E-state index is 12.6. The molecule has 0 radical (unpaired) electrons. The number of aromatic nitrogens is 5. The van der Waals surface area contributed by atoms with Crippen LogP contribution >= 0.6 is 0 Å². The van der Waals surface area contributed by atoms with Gasteiger partial charge in [0.2, 0.25) is 5.95 Å². The van der Waals surface area contributed by atoms with Crippen LogP contribution in [-0.4, -0.2) is 30.0 Å². The number of nitrogens with one attached hydrogen (secondary N) is 1. The van der Waals surface area contributed by atoms with Gasteiger partial charge in [-0.3, -0.25) is 14.7 Å². The first-order valence-electron chi connectivity index (χ1n) is 8.47. The van der Waals surface area contributed by atoms with E-state index >= 15 is 0 Å². The van der Waals surface area contributed by atoms with Crippen LogP contribution in [0.1, 0.15) is 23.7 Å². The lowest BCUT2D eigenvalue weighted by atomic mass is 10.2. The molecule has 7 heteroatoms. The fourth-order valence-corrected chi connectivity index (χ4v) is 2.86. The molecule has 7 nitrogen and oxygen atoms in total. The molecule has 0 fully saturated rings. The Balaban J connectivity index is 1.60. The lowest BCUT2D eigenvalue weighted by Gasteiger charge is -2.09. The largest absolute Gasteiger partial charge is 0.310 e. The van der Waals surface area contributed by atoms with Crippen LogP contribution in [0.3, 0.4) is 0 Å². The zero-order chi connectivity index (χ0) is 17.9. The number of anilines is 1. The number of imidazole rings is 2. The highest BCUT2D eigenvalue weighted by molar-refractivity contribution is 6.04. The second kappa shape index (κ2) is 6.79. The van der Waals surface area contributed by atoms with Crippen LogP contribution in [0.5, 0.6) is 0 Å². The number of hydrogen-bond donors (Lipinski definition) is 1. The monoisotopic (exact) mass is 346 g/mol. The molecule has 0 atom stereocenters. The van der Waals surface area contributed by atoms with Crippen molar-refractivity contribution >= 4 is 22.9 Å². The minimum Gasteiger partial charge on any atom is -0.310 e. The molecular weight excluding hydrogens is 328 g/mol. The van der Waals surface area contributed by atoms with Crippen molar-refractivity contribution in [3.8, 4) is 5.82 Å². The summed E-state index contributed by atoms with van der Waals surface area (Å²) in [5.41, 5.74) is 2.35. The van der Waals surface area contributed by atoms with E-state index in [2.05, 4.69) is 27.2 Å². The number of fused-ring (bicyclic) bond motifs is 1. The Hall–Kier alpha value is -3.48. The molecule has 4 rings (SSSR count). The molecule has 26 heavy (non-hydrogen) atoms. The molecule has 3 heterocycles. The first kappa shape index (κ1) is 16.0. The SMILES string of the molecule is CCCn1c(NC(=O)c2ccc(-n3ccnc3)nc2)nc2ccccc21. The van der Waals surface area contributed by atoms with Crippen LogP contribution in [0.25, 0.3) is 16.9 Å². The Morgan fingerprint density at radius 3 is 2.81 bits per heavy atom. The van der Waals surface area contributed by atoms with Crippen LogP contribution in [-0.2, 0) is 6.54 Å². The van der Waals surface area contributed by atoms with E-state index in [4.69, 9.17) is 0 Å². The maximum atomic E-state index is 12.6. The van der Waals surface area contributed by atoms with Crippen molar-refractivity contribution in [3.63, 3.8) is 0 Å². The number of amides is 1. The lowest BCUT2D eigenvalue weighted by molar-refractivity contribution is 0.102. The number of carbonyl (C=O) groups excluding carboxylic acids is 1. The highest BCUT2D eigenvalue weighted by Gasteiger charge is 2.14. The van der Waals surface area contributed by atoms with E-state index in [0.29, 0.717) is 17.3 Å². The maximum Gasteiger partial charge on any atom is 0.259 e. The molecule has 0 spiro atoms. The summed E-state index contributed by atoms with van der Waals surface area (Å²) in [6.45, 7) is 2.88. The van der Waals surface area contributed by atoms with E-state index in [1.54, 1.807) is 41.6 Å². The van der Waals surface area contributed by atoms with Crippen LogP contribution in [0.4, 0.5) is 5.95 Å². The average Bonchev–Trinajstić information content (AvgIpc) is 3.31. The average molecular weight is 346 g/mol. The Kier molecular flexibility index (Phi) is 4.18. The number of pyridine rings is 1. The molecule has 1 amide bonds. The fourth-order valence-electron chi connectivity index (χ4n) is 2.86. The van der Waals surface area contributed by atoms with Crippen LogP contribution in [0.15, 0.2) is 61.3 Å². The number of aryl methyl sites for hydroxylation is 1. The zero-order valence-electron chi connectivity index (χ0n) is 14.3. The molecule has 0 aliphatic heterocycles. The van der Waals surface area contributed by atoms with Crippen molar-refractivity contribution < 1.29 is 4.79 Å². The van der Waals surface area contributed by atoms with Gasteiger partial charge >= 0.3 is 0 Å². The van der Waals surface area contributed by atoms with E-state index in [1.807, 2.05) is 28.8 Å². The van der Waals surface area contributed by atoms with Gasteiger partial charge in [-0.05, 0) is 30.7 Å². The number of para-hydroxylation sites is 2. The second-order valence-corrected chi connectivity index (χ2v) is 5.90. The molecule has 0 bridgehead atoms. The topological polar surface area (TPSA) is 77.6 Å².